The number of fused-ring (bicyclic) bond motifs is 1. The van der Waals surface area contributed by atoms with Crippen LogP contribution >= 0.6 is 15.9 Å². The normalized spacial score (nSPS) is 11.0. The number of aryl methyl sites for hydroxylation is 1. The van der Waals surface area contributed by atoms with Gasteiger partial charge in [-0.15, -0.1) is 10.2 Å². The maximum absolute atomic E-state index is 5.83. The minimum atomic E-state index is 0.786. The van der Waals surface area contributed by atoms with Crippen LogP contribution in [0.15, 0.2) is 41.0 Å². The molecule has 3 rings (SSSR count). The number of hydrogen-bond acceptors (Lipinski definition) is 3. The molecule has 0 amide bonds. The lowest BCUT2D eigenvalue weighted by Crippen LogP contribution is -1.93. The Morgan fingerprint density at radius 3 is 2.78 bits per heavy atom. The van der Waals surface area contributed by atoms with E-state index in [0.29, 0.717) is 0 Å². The lowest BCUT2D eigenvalue weighted by Gasteiger charge is -2.04. The summed E-state index contributed by atoms with van der Waals surface area (Å²) in [5.74, 6) is 0.814. The van der Waals surface area contributed by atoms with E-state index in [1.807, 2.05) is 47.9 Å². The Morgan fingerprint density at radius 2 is 2.00 bits per heavy atom. The topological polar surface area (TPSA) is 56.2 Å². The molecule has 18 heavy (non-hydrogen) atoms. The summed E-state index contributed by atoms with van der Waals surface area (Å²) < 4.78 is 2.94. The lowest BCUT2D eigenvalue weighted by atomic mass is 10.1. The Balaban J connectivity index is 2.24. The summed E-state index contributed by atoms with van der Waals surface area (Å²) in [6.45, 7) is 1.98. The van der Waals surface area contributed by atoms with Gasteiger partial charge in [-0.1, -0.05) is 0 Å². The molecule has 0 fully saturated rings. The van der Waals surface area contributed by atoms with E-state index in [-0.39, 0.29) is 0 Å². The van der Waals surface area contributed by atoms with Gasteiger partial charge in [0.15, 0.2) is 11.5 Å². The predicted molar refractivity (Wildman–Crippen MR) is 75.3 cm³/mol. The number of benzene rings is 1. The molecule has 0 aliphatic rings. The molecule has 0 spiro atoms. The fourth-order valence-corrected chi connectivity index (χ4v) is 2.21. The Kier molecular flexibility index (Phi) is 2.56. The summed E-state index contributed by atoms with van der Waals surface area (Å²) in [6, 6.07) is 9.74. The fourth-order valence-electron chi connectivity index (χ4n) is 1.88. The zero-order valence-corrected chi connectivity index (χ0v) is 11.3. The molecule has 0 aliphatic carbocycles. The van der Waals surface area contributed by atoms with Gasteiger partial charge in [0.25, 0.3) is 0 Å². The molecule has 0 unspecified atom stereocenters. The first-order chi connectivity index (χ1) is 8.65. The summed E-state index contributed by atoms with van der Waals surface area (Å²) in [6.07, 6.45) is 1.95. The van der Waals surface area contributed by atoms with Crippen molar-refractivity contribution in [1.82, 2.24) is 14.6 Å². The first kappa shape index (κ1) is 11.2. The minimum Gasteiger partial charge on any atom is -0.399 e. The van der Waals surface area contributed by atoms with Crippen LogP contribution in [0.25, 0.3) is 17.0 Å². The number of aromatic nitrogens is 3. The highest BCUT2D eigenvalue weighted by Crippen LogP contribution is 2.23. The first-order valence-corrected chi connectivity index (χ1v) is 6.31. The lowest BCUT2D eigenvalue weighted by molar-refractivity contribution is 1.11. The van der Waals surface area contributed by atoms with Crippen LogP contribution in [0.1, 0.15) is 5.56 Å². The average Bonchev–Trinajstić information content (AvgIpc) is 2.75. The molecule has 0 atom stereocenters. The van der Waals surface area contributed by atoms with Crippen molar-refractivity contribution in [3.05, 3.63) is 46.6 Å². The van der Waals surface area contributed by atoms with Crippen LogP contribution in [0.5, 0.6) is 0 Å². The van der Waals surface area contributed by atoms with Gasteiger partial charge in [-0.05, 0) is 58.7 Å². The first-order valence-electron chi connectivity index (χ1n) is 5.52. The van der Waals surface area contributed by atoms with Gasteiger partial charge in [0.2, 0.25) is 0 Å². The quantitative estimate of drug-likeness (QED) is 0.703. The molecule has 2 N–H and O–H groups in total. The van der Waals surface area contributed by atoms with Crippen molar-refractivity contribution in [2.24, 2.45) is 0 Å². The van der Waals surface area contributed by atoms with Gasteiger partial charge in [0.1, 0.15) is 0 Å². The van der Waals surface area contributed by atoms with Crippen molar-refractivity contribution in [2.45, 2.75) is 6.92 Å². The smallest absolute Gasteiger partial charge is 0.168 e. The number of halogens is 1. The zero-order chi connectivity index (χ0) is 12.7. The van der Waals surface area contributed by atoms with Crippen LogP contribution < -0.4 is 5.73 Å². The summed E-state index contributed by atoms with van der Waals surface area (Å²) in [5, 5.41) is 8.38. The van der Waals surface area contributed by atoms with Crippen molar-refractivity contribution in [1.29, 1.82) is 0 Å². The second-order valence-corrected chi connectivity index (χ2v) is 5.09. The van der Waals surface area contributed by atoms with Gasteiger partial charge in [-0.25, -0.2) is 0 Å². The van der Waals surface area contributed by atoms with Crippen molar-refractivity contribution in [3.8, 4) is 11.4 Å². The van der Waals surface area contributed by atoms with Gasteiger partial charge in [-0.2, -0.15) is 0 Å². The monoisotopic (exact) mass is 302 g/mol. The largest absolute Gasteiger partial charge is 0.399 e. The predicted octanol–water partition coefficient (Wildman–Crippen LogP) is 3.05. The van der Waals surface area contributed by atoms with Crippen molar-refractivity contribution >= 4 is 27.3 Å². The molecule has 1 aromatic carbocycles. The summed E-state index contributed by atoms with van der Waals surface area (Å²) in [4.78, 5) is 0. The van der Waals surface area contributed by atoms with E-state index in [9.17, 15) is 0 Å². The van der Waals surface area contributed by atoms with Gasteiger partial charge in [0, 0.05) is 21.9 Å². The molecule has 5 heteroatoms. The highest BCUT2D eigenvalue weighted by molar-refractivity contribution is 9.10. The van der Waals surface area contributed by atoms with Crippen LogP contribution in [-0.4, -0.2) is 14.6 Å². The van der Waals surface area contributed by atoms with E-state index < -0.39 is 0 Å². The molecule has 0 saturated carbocycles. The standard InChI is InChI=1S/C13H11BrN4/c1-8-6-9(2-4-11(8)15)13-17-16-12-5-3-10(14)7-18(12)13/h2-7H,15H2,1H3. The van der Waals surface area contributed by atoms with E-state index in [0.717, 1.165) is 32.8 Å². The molecule has 0 saturated heterocycles. The molecule has 0 aliphatic heterocycles. The number of pyridine rings is 1. The molecule has 0 radical (unpaired) electrons. The molecule has 2 heterocycles. The molecule has 3 aromatic rings. The van der Waals surface area contributed by atoms with E-state index >= 15 is 0 Å². The van der Waals surface area contributed by atoms with Crippen molar-refractivity contribution in [2.75, 3.05) is 5.73 Å². The molecular formula is C13H11BrN4. The molecule has 4 nitrogen and oxygen atoms in total. The van der Waals surface area contributed by atoms with Crippen LogP contribution in [0.3, 0.4) is 0 Å². The van der Waals surface area contributed by atoms with Crippen molar-refractivity contribution in [3.63, 3.8) is 0 Å². The Hall–Kier alpha value is -1.88. The third-order valence-electron chi connectivity index (χ3n) is 2.89. The van der Waals surface area contributed by atoms with Gasteiger partial charge in [-0.3, -0.25) is 4.40 Å². The third kappa shape index (κ3) is 1.76. The second kappa shape index (κ2) is 4.10. The number of rotatable bonds is 1. The second-order valence-electron chi connectivity index (χ2n) is 4.17. The van der Waals surface area contributed by atoms with Crippen LogP contribution in [-0.2, 0) is 0 Å². The van der Waals surface area contributed by atoms with E-state index in [1.54, 1.807) is 0 Å². The SMILES string of the molecule is Cc1cc(-c2nnc3ccc(Br)cn23)ccc1N. The highest BCUT2D eigenvalue weighted by atomic mass is 79.9. The van der Waals surface area contributed by atoms with Crippen LogP contribution in [0, 0.1) is 6.92 Å². The number of anilines is 1. The van der Waals surface area contributed by atoms with Gasteiger partial charge < -0.3 is 5.73 Å². The van der Waals surface area contributed by atoms with Gasteiger partial charge >= 0.3 is 0 Å². The number of hydrogen-bond donors (Lipinski definition) is 1. The van der Waals surface area contributed by atoms with Crippen LogP contribution in [0.4, 0.5) is 5.69 Å². The van der Waals surface area contributed by atoms with Gasteiger partial charge in [0.05, 0.1) is 0 Å². The summed E-state index contributed by atoms with van der Waals surface area (Å²) in [5.41, 5.74) is 9.48. The fraction of sp³-hybridized carbons (Fsp3) is 0.0769. The maximum atomic E-state index is 5.83. The van der Waals surface area contributed by atoms with E-state index in [2.05, 4.69) is 26.1 Å². The Bertz CT molecular complexity index is 733. The number of nitrogens with two attached hydrogens (primary N) is 1. The summed E-state index contributed by atoms with van der Waals surface area (Å²) >= 11 is 3.45. The minimum absolute atomic E-state index is 0.786. The molecule has 2 aromatic heterocycles. The number of nitrogens with zero attached hydrogens (tertiary/aromatic N) is 3. The van der Waals surface area contributed by atoms with E-state index in [1.165, 1.54) is 0 Å². The van der Waals surface area contributed by atoms with E-state index in [4.69, 9.17) is 5.73 Å². The highest BCUT2D eigenvalue weighted by Gasteiger charge is 2.08. The summed E-state index contributed by atoms with van der Waals surface area (Å²) in [7, 11) is 0. The molecule has 90 valence electrons. The Morgan fingerprint density at radius 1 is 1.17 bits per heavy atom. The Labute approximate surface area is 113 Å². The zero-order valence-electron chi connectivity index (χ0n) is 9.76. The van der Waals surface area contributed by atoms with Crippen LogP contribution in [0.2, 0.25) is 0 Å². The molecule has 0 bridgehead atoms. The molecular weight excluding hydrogens is 292 g/mol. The number of nitrogen functional groups attached to an aromatic ring is 1. The average molecular weight is 303 g/mol. The third-order valence-corrected chi connectivity index (χ3v) is 3.36. The van der Waals surface area contributed by atoms with Crippen molar-refractivity contribution < 1.29 is 0 Å². The maximum Gasteiger partial charge on any atom is 0.168 e.